The number of fused-ring (bicyclic) bond motifs is 1. The van der Waals surface area contributed by atoms with Gasteiger partial charge in [0, 0.05) is 24.8 Å². The molecular formula is C20H26N2O3. The van der Waals surface area contributed by atoms with Crippen LogP contribution >= 0.6 is 0 Å². The van der Waals surface area contributed by atoms with Gasteiger partial charge in [-0.1, -0.05) is 18.2 Å². The Balaban J connectivity index is 1.44. The van der Waals surface area contributed by atoms with Crippen LogP contribution in [0.4, 0.5) is 0 Å². The van der Waals surface area contributed by atoms with E-state index in [2.05, 4.69) is 17.1 Å². The minimum Gasteiger partial charge on any atom is -0.373 e. The van der Waals surface area contributed by atoms with E-state index >= 15 is 0 Å². The summed E-state index contributed by atoms with van der Waals surface area (Å²) in [5.74, 6) is 0.380. The average Bonchev–Trinajstić information content (AvgIpc) is 3.28. The number of amides is 1. The summed E-state index contributed by atoms with van der Waals surface area (Å²) in [6.07, 6.45) is 7.93. The lowest BCUT2D eigenvalue weighted by molar-refractivity contribution is -0.138. The van der Waals surface area contributed by atoms with E-state index in [4.69, 9.17) is 9.47 Å². The van der Waals surface area contributed by atoms with Crippen molar-refractivity contribution in [2.45, 2.75) is 57.5 Å². The number of carbonyl (C=O) groups excluding carboxylic acids is 1. The highest BCUT2D eigenvalue weighted by atomic mass is 16.5. The van der Waals surface area contributed by atoms with E-state index in [0.29, 0.717) is 13.2 Å². The topological polar surface area (TPSA) is 51.7 Å². The van der Waals surface area contributed by atoms with Gasteiger partial charge in [0.05, 0.1) is 18.3 Å². The van der Waals surface area contributed by atoms with Crippen LogP contribution in [0.1, 0.15) is 37.1 Å². The minimum atomic E-state index is -0.0640. The molecule has 0 bridgehead atoms. The summed E-state index contributed by atoms with van der Waals surface area (Å²) in [6, 6.07) is 6.12. The number of carbonyl (C=O) groups is 1. The van der Waals surface area contributed by atoms with E-state index in [0.717, 1.165) is 43.7 Å². The lowest BCUT2D eigenvalue weighted by Gasteiger charge is -2.33. The standard InChI is InChI=1S/C20H26N2O3/c1-14-6-4-9-16(21-14)13-25-18-12-22(17-10-5-11-24-19(17)18)20(23)15-7-2-3-8-15/h2-4,6,9,15,17-19H,5,7-8,10-13H2,1H3/t17-,18-,19+/m1/s1. The Labute approximate surface area is 149 Å². The maximum absolute atomic E-state index is 12.9. The number of allylic oxidation sites excluding steroid dienone is 2. The van der Waals surface area contributed by atoms with Crippen LogP contribution in [-0.2, 0) is 20.9 Å². The third-order valence-corrected chi connectivity index (χ3v) is 5.51. The molecule has 134 valence electrons. The molecule has 1 aliphatic carbocycles. The Kier molecular flexibility index (Phi) is 4.86. The number of pyridine rings is 1. The molecule has 0 spiro atoms. The number of hydrogen-bond donors (Lipinski definition) is 0. The summed E-state index contributed by atoms with van der Waals surface area (Å²) >= 11 is 0. The highest BCUT2D eigenvalue weighted by molar-refractivity contribution is 5.80. The molecule has 0 saturated carbocycles. The lowest BCUT2D eigenvalue weighted by Crippen LogP contribution is -2.45. The molecule has 25 heavy (non-hydrogen) atoms. The number of aryl methyl sites for hydroxylation is 1. The summed E-state index contributed by atoms with van der Waals surface area (Å²) in [4.78, 5) is 19.5. The maximum atomic E-state index is 12.9. The van der Waals surface area contributed by atoms with E-state index in [1.54, 1.807) is 0 Å². The van der Waals surface area contributed by atoms with Gasteiger partial charge in [-0.3, -0.25) is 9.78 Å². The average molecular weight is 342 g/mol. The second kappa shape index (κ2) is 7.26. The third-order valence-electron chi connectivity index (χ3n) is 5.51. The van der Waals surface area contributed by atoms with E-state index in [-0.39, 0.29) is 30.1 Å². The second-order valence-electron chi connectivity index (χ2n) is 7.30. The fraction of sp³-hybridized carbons (Fsp3) is 0.600. The van der Waals surface area contributed by atoms with Crippen LogP contribution in [0.5, 0.6) is 0 Å². The smallest absolute Gasteiger partial charge is 0.226 e. The lowest BCUT2D eigenvalue weighted by atomic mass is 10.0. The van der Waals surface area contributed by atoms with Gasteiger partial charge in [-0.25, -0.2) is 0 Å². The van der Waals surface area contributed by atoms with Crippen LogP contribution in [0.2, 0.25) is 0 Å². The van der Waals surface area contributed by atoms with Crippen molar-refractivity contribution in [2.75, 3.05) is 13.2 Å². The molecule has 4 rings (SSSR count). The zero-order valence-corrected chi connectivity index (χ0v) is 14.8. The molecule has 0 radical (unpaired) electrons. The molecule has 2 saturated heterocycles. The molecule has 0 unspecified atom stereocenters. The predicted octanol–water partition coefficient (Wildman–Crippen LogP) is 2.63. The van der Waals surface area contributed by atoms with Crippen LogP contribution in [0.3, 0.4) is 0 Å². The zero-order chi connectivity index (χ0) is 17.2. The summed E-state index contributed by atoms with van der Waals surface area (Å²) in [6.45, 7) is 3.84. The zero-order valence-electron chi connectivity index (χ0n) is 14.8. The Bertz CT molecular complexity index is 652. The fourth-order valence-corrected chi connectivity index (χ4v) is 4.24. The van der Waals surface area contributed by atoms with Gasteiger partial charge in [0.1, 0.15) is 12.2 Å². The van der Waals surface area contributed by atoms with E-state index < -0.39 is 0 Å². The molecule has 3 heterocycles. The summed E-state index contributed by atoms with van der Waals surface area (Å²) in [5, 5.41) is 0. The van der Waals surface area contributed by atoms with Crippen molar-refractivity contribution in [1.29, 1.82) is 0 Å². The summed E-state index contributed by atoms with van der Waals surface area (Å²) in [5.41, 5.74) is 1.92. The Morgan fingerprint density at radius 3 is 3.00 bits per heavy atom. The van der Waals surface area contributed by atoms with Crippen LogP contribution in [-0.4, -0.2) is 47.2 Å². The predicted molar refractivity (Wildman–Crippen MR) is 93.9 cm³/mol. The summed E-state index contributed by atoms with van der Waals surface area (Å²) < 4.78 is 12.2. The number of ether oxygens (including phenoxy) is 2. The molecule has 2 fully saturated rings. The maximum Gasteiger partial charge on any atom is 0.226 e. The van der Waals surface area contributed by atoms with Crippen LogP contribution < -0.4 is 0 Å². The molecule has 5 heteroatoms. The van der Waals surface area contributed by atoms with Gasteiger partial charge >= 0.3 is 0 Å². The van der Waals surface area contributed by atoms with Crippen molar-refractivity contribution in [2.24, 2.45) is 5.92 Å². The Morgan fingerprint density at radius 1 is 1.36 bits per heavy atom. The number of likely N-dealkylation sites (tertiary alicyclic amines) is 1. The Hall–Kier alpha value is -1.72. The molecule has 3 aliphatic rings. The minimum absolute atomic E-state index is 0.00290. The van der Waals surface area contributed by atoms with Crippen LogP contribution in [0.15, 0.2) is 30.4 Å². The van der Waals surface area contributed by atoms with Crippen molar-refractivity contribution >= 4 is 5.91 Å². The molecule has 5 nitrogen and oxygen atoms in total. The first-order valence-corrected chi connectivity index (χ1v) is 9.33. The quantitative estimate of drug-likeness (QED) is 0.790. The van der Waals surface area contributed by atoms with Crippen molar-refractivity contribution < 1.29 is 14.3 Å². The monoisotopic (exact) mass is 342 g/mol. The van der Waals surface area contributed by atoms with Gasteiger partial charge in [0.15, 0.2) is 0 Å². The molecule has 0 aromatic carbocycles. The van der Waals surface area contributed by atoms with Gasteiger partial charge < -0.3 is 14.4 Å². The molecular weight excluding hydrogens is 316 g/mol. The molecule has 1 aromatic rings. The number of aromatic nitrogens is 1. The number of rotatable bonds is 4. The SMILES string of the molecule is Cc1cccc(CO[C@@H]2CN(C(=O)C3CC=CC3)[C@@H]3CCCO[C@@H]32)n1. The van der Waals surface area contributed by atoms with Crippen LogP contribution in [0.25, 0.3) is 0 Å². The first-order valence-electron chi connectivity index (χ1n) is 9.33. The van der Waals surface area contributed by atoms with Gasteiger partial charge in [-0.2, -0.15) is 0 Å². The van der Waals surface area contributed by atoms with Crippen molar-refractivity contribution in [3.63, 3.8) is 0 Å². The highest BCUT2D eigenvalue weighted by Crippen LogP contribution is 2.33. The first kappa shape index (κ1) is 16.7. The number of nitrogens with zero attached hydrogens (tertiary/aromatic N) is 2. The second-order valence-corrected chi connectivity index (χ2v) is 7.30. The van der Waals surface area contributed by atoms with Gasteiger partial charge in [-0.05, 0) is 44.7 Å². The van der Waals surface area contributed by atoms with Gasteiger partial charge in [0.2, 0.25) is 5.91 Å². The Morgan fingerprint density at radius 2 is 2.20 bits per heavy atom. The largest absolute Gasteiger partial charge is 0.373 e. The molecule has 3 atom stereocenters. The van der Waals surface area contributed by atoms with E-state index in [9.17, 15) is 4.79 Å². The third kappa shape index (κ3) is 3.48. The fourth-order valence-electron chi connectivity index (χ4n) is 4.24. The van der Waals surface area contributed by atoms with Crippen LogP contribution in [0, 0.1) is 12.8 Å². The van der Waals surface area contributed by atoms with Gasteiger partial charge in [0.25, 0.3) is 0 Å². The van der Waals surface area contributed by atoms with Crippen molar-refractivity contribution in [3.05, 3.63) is 41.7 Å². The van der Waals surface area contributed by atoms with Crippen molar-refractivity contribution in [3.8, 4) is 0 Å². The number of hydrogen-bond acceptors (Lipinski definition) is 4. The molecule has 2 aliphatic heterocycles. The van der Waals surface area contributed by atoms with Gasteiger partial charge in [-0.15, -0.1) is 0 Å². The van der Waals surface area contributed by atoms with Crippen molar-refractivity contribution in [1.82, 2.24) is 9.88 Å². The first-order chi connectivity index (χ1) is 12.2. The molecule has 1 aromatic heterocycles. The molecule has 1 amide bonds. The van der Waals surface area contributed by atoms with E-state index in [1.807, 2.05) is 30.0 Å². The van der Waals surface area contributed by atoms with E-state index in [1.165, 1.54) is 0 Å². The molecule has 0 N–H and O–H groups in total. The normalized spacial score (nSPS) is 29.2. The summed E-state index contributed by atoms with van der Waals surface area (Å²) in [7, 11) is 0. The highest BCUT2D eigenvalue weighted by Gasteiger charge is 2.47.